The van der Waals surface area contributed by atoms with E-state index in [-0.39, 0.29) is 5.91 Å². The Balaban J connectivity index is 1.56. The summed E-state index contributed by atoms with van der Waals surface area (Å²) in [7, 11) is 0. The first-order valence-corrected chi connectivity index (χ1v) is 10.4. The topological polar surface area (TPSA) is 55.6 Å². The Labute approximate surface area is 182 Å². The fraction of sp³-hybridized carbons (Fsp3) is 0.154. The minimum atomic E-state index is -0.259. The molecular formula is C26H25N3O2. The number of hydrogen-bond donors (Lipinski definition) is 1. The molecule has 5 heteroatoms. The first kappa shape index (κ1) is 20.4. The van der Waals surface area contributed by atoms with Crippen LogP contribution in [0.2, 0.25) is 0 Å². The van der Waals surface area contributed by atoms with Gasteiger partial charge in [0.1, 0.15) is 5.75 Å². The van der Waals surface area contributed by atoms with Crippen LogP contribution in [0.5, 0.6) is 5.75 Å². The molecule has 0 aliphatic carbocycles. The van der Waals surface area contributed by atoms with Gasteiger partial charge in [-0.05, 0) is 49.7 Å². The van der Waals surface area contributed by atoms with Gasteiger partial charge < -0.3 is 9.30 Å². The molecule has 0 saturated heterocycles. The highest BCUT2D eigenvalue weighted by Crippen LogP contribution is 2.25. The van der Waals surface area contributed by atoms with Crippen molar-refractivity contribution in [2.75, 3.05) is 6.61 Å². The summed E-state index contributed by atoms with van der Waals surface area (Å²) >= 11 is 0. The molecule has 1 heterocycles. The highest BCUT2D eigenvalue weighted by molar-refractivity contribution is 6.02. The average Bonchev–Trinajstić information content (AvgIpc) is 3.06. The lowest BCUT2D eigenvalue weighted by molar-refractivity contribution is 0.0955. The first-order valence-electron chi connectivity index (χ1n) is 10.4. The van der Waals surface area contributed by atoms with Gasteiger partial charge in [-0.25, -0.2) is 5.43 Å². The van der Waals surface area contributed by atoms with Crippen LogP contribution >= 0.6 is 0 Å². The fourth-order valence-corrected chi connectivity index (χ4v) is 3.68. The number of carbonyl (C=O) groups excluding carboxylic acids is 1. The minimum Gasteiger partial charge on any atom is -0.494 e. The van der Waals surface area contributed by atoms with Gasteiger partial charge in [-0.3, -0.25) is 4.79 Å². The lowest BCUT2D eigenvalue weighted by atomic mass is 10.1. The van der Waals surface area contributed by atoms with E-state index < -0.39 is 0 Å². The van der Waals surface area contributed by atoms with Crippen molar-refractivity contribution in [3.05, 3.63) is 101 Å². The van der Waals surface area contributed by atoms with Crippen molar-refractivity contribution in [2.45, 2.75) is 20.4 Å². The third-order valence-electron chi connectivity index (χ3n) is 5.25. The molecule has 0 bridgehead atoms. The number of para-hydroxylation sites is 1. The zero-order chi connectivity index (χ0) is 21.6. The van der Waals surface area contributed by atoms with Gasteiger partial charge in [-0.2, -0.15) is 5.10 Å². The second-order valence-corrected chi connectivity index (χ2v) is 7.24. The minimum absolute atomic E-state index is 0.259. The molecule has 0 aliphatic rings. The Morgan fingerprint density at radius 2 is 1.71 bits per heavy atom. The number of hydrazone groups is 1. The van der Waals surface area contributed by atoms with Crippen molar-refractivity contribution in [3.63, 3.8) is 0 Å². The number of rotatable bonds is 7. The molecule has 5 nitrogen and oxygen atoms in total. The van der Waals surface area contributed by atoms with Crippen LogP contribution in [-0.4, -0.2) is 23.3 Å². The third-order valence-corrected chi connectivity index (χ3v) is 5.25. The van der Waals surface area contributed by atoms with Gasteiger partial charge in [0.15, 0.2) is 0 Å². The van der Waals surface area contributed by atoms with E-state index >= 15 is 0 Å². The normalized spacial score (nSPS) is 11.2. The maximum Gasteiger partial charge on any atom is 0.271 e. The van der Waals surface area contributed by atoms with E-state index in [0.29, 0.717) is 12.2 Å². The Kier molecular flexibility index (Phi) is 6.13. The molecule has 0 aliphatic heterocycles. The number of nitrogens with zero attached hydrogens (tertiary/aromatic N) is 2. The lowest BCUT2D eigenvalue weighted by Gasteiger charge is -2.08. The van der Waals surface area contributed by atoms with E-state index in [2.05, 4.69) is 58.4 Å². The van der Waals surface area contributed by atoms with Crippen molar-refractivity contribution in [2.24, 2.45) is 5.10 Å². The third kappa shape index (κ3) is 4.51. The van der Waals surface area contributed by atoms with Crippen LogP contribution < -0.4 is 10.2 Å². The standard InChI is InChI=1S/C26H25N3O2/c1-3-31-22-15-13-21(14-16-22)26(30)28-27-17-24-19(2)29(18-20-9-5-4-6-10-20)25-12-8-7-11-23(24)25/h4-17H,3,18H2,1-2H3,(H,28,30)/b27-17+. The summed E-state index contributed by atoms with van der Waals surface area (Å²) in [5.74, 6) is 0.481. The summed E-state index contributed by atoms with van der Waals surface area (Å²) in [4.78, 5) is 12.4. The largest absolute Gasteiger partial charge is 0.494 e. The van der Waals surface area contributed by atoms with E-state index in [0.717, 1.165) is 34.5 Å². The number of nitrogens with one attached hydrogen (secondary N) is 1. The van der Waals surface area contributed by atoms with Crippen molar-refractivity contribution in [1.29, 1.82) is 0 Å². The predicted octanol–water partition coefficient (Wildman–Crippen LogP) is 5.16. The van der Waals surface area contributed by atoms with Crippen molar-refractivity contribution < 1.29 is 9.53 Å². The molecule has 31 heavy (non-hydrogen) atoms. The van der Waals surface area contributed by atoms with E-state index in [1.165, 1.54) is 5.56 Å². The monoisotopic (exact) mass is 411 g/mol. The molecule has 0 fully saturated rings. The summed E-state index contributed by atoms with van der Waals surface area (Å²) in [6.45, 7) is 5.37. The van der Waals surface area contributed by atoms with Crippen molar-refractivity contribution in [3.8, 4) is 5.75 Å². The molecule has 3 aromatic carbocycles. The van der Waals surface area contributed by atoms with Crippen LogP contribution in [0.25, 0.3) is 10.9 Å². The van der Waals surface area contributed by atoms with Crippen molar-refractivity contribution >= 4 is 23.0 Å². The summed E-state index contributed by atoms with van der Waals surface area (Å²) in [6.07, 6.45) is 1.73. The van der Waals surface area contributed by atoms with Gasteiger partial charge in [0.2, 0.25) is 0 Å². The number of benzene rings is 3. The summed E-state index contributed by atoms with van der Waals surface area (Å²) in [5, 5.41) is 5.35. The van der Waals surface area contributed by atoms with Gasteiger partial charge in [-0.1, -0.05) is 48.5 Å². The molecule has 0 unspecified atom stereocenters. The van der Waals surface area contributed by atoms with Crippen LogP contribution in [0.4, 0.5) is 0 Å². The quantitative estimate of drug-likeness (QED) is 0.337. The first-order chi connectivity index (χ1) is 15.2. The number of amides is 1. The lowest BCUT2D eigenvalue weighted by Crippen LogP contribution is -2.17. The van der Waals surface area contributed by atoms with E-state index in [1.807, 2.05) is 25.1 Å². The van der Waals surface area contributed by atoms with Crippen LogP contribution in [0.1, 0.15) is 34.1 Å². The average molecular weight is 412 g/mol. The SMILES string of the molecule is CCOc1ccc(C(=O)N/N=C/c2c(C)n(Cc3ccccc3)c3ccccc23)cc1. The maximum atomic E-state index is 12.4. The summed E-state index contributed by atoms with van der Waals surface area (Å²) in [6, 6.07) is 25.6. The van der Waals surface area contributed by atoms with Crippen LogP contribution in [0, 0.1) is 6.92 Å². The van der Waals surface area contributed by atoms with Gasteiger partial charge in [0.25, 0.3) is 5.91 Å². The van der Waals surface area contributed by atoms with Crippen LogP contribution in [0.15, 0.2) is 84.0 Å². The molecule has 1 amide bonds. The smallest absolute Gasteiger partial charge is 0.271 e. The number of carbonyl (C=O) groups is 1. The molecule has 0 atom stereocenters. The molecule has 4 aromatic rings. The molecule has 1 aromatic heterocycles. The zero-order valence-electron chi connectivity index (χ0n) is 17.7. The number of hydrogen-bond acceptors (Lipinski definition) is 3. The Morgan fingerprint density at radius 3 is 2.45 bits per heavy atom. The van der Waals surface area contributed by atoms with E-state index in [1.54, 1.807) is 30.5 Å². The van der Waals surface area contributed by atoms with Gasteiger partial charge in [0, 0.05) is 34.3 Å². The van der Waals surface area contributed by atoms with Crippen LogP contribution in [-0.2, 0) is 6.54 Å². The number of ether oxygens (including phenoxy) is 1. The molecule has 0 radical (unpaired) electrons. The summed E-state index contributed by atoms with van der Waals surface area (Å²) in [5.41, 5.74) is 7.64. The Morgan fingerprint density at radius 1 is 1.00 bits per heavy atom. The molecule has 1 N–H and O–H groups in total. The van der Waals surface area contributed by atoms with E-state index in [9.17, 15) is 4.79 Å². The van der Waals surface area contributed by atoms with Crippen molar-refractivity contribution in [1.82, 2.24) is 9.99 Å². The Hall–Kier alpha value is -3.86. The van der Waals surface area contributed by atoms with E-state index in [4.69, 9.17) is 4.74 Å². The Bertz CT molecular complexity index is 1210. The van der Waals surface area contributed by atoms with Crippen LogP contribution in [0.3, 0.4) is 0 Å². The molecule has 4 rings (SSSR count). The van der Waals surface area contributed by atoms with Gasteiger partial charge in [0.05, 0.1) is 12.8 Å². The maximum absolute atomic E-state index is 12.4. The number of aromatic nitrogens is 1. The second kappa shape index (κ2) is 9.30. The zero-order valence-corrected chi connectivity index (χ0v) is 17.7. The van der Waals surface area contributed by atoms with Gasteiger partial charge >= 0.3 is 0 Å². The highest BCUT2D eigenvalue weighted by Gasteiger charge is 2.13. The number of fused-ring (bicyclic) bond motifs is 1. The van der Waals surface area contributed by atoms with Gasteiger partial charge in [-0.15, -0.1) is 0 Å². The molecule has 0 saturated carbocycles. The fourth-order valence-electron chi connectivity index (χ4n) is 3.68. The predicted molar refractivity (Wildman–Crippen MR) is 125 cm³/mol. The second-order valence-electron chi connectivity index (χ2n) is 7.24. The summed E-state index contributed by atoms with van der Waals surface area (Å²) < 4.78 is 7.69. The molecular weight excluding hydrogens is 386 g/mol. The molecule has 156 valence electrons. The molecule has 0 spiro atoms. The highest BCUT2D eigenvalue weighted by atomic mass is 16.5.